The highest BCUT2D eigenvalue weighted by Crippen LogP contribution is 2.30. The highest BCUT2D eigenvalue weighted by molar-refractivity contribution is 5.79. The number of nitrogens with zero attached hydrogens (tertiary/aromatic N) is 1. The lowest BCUT2D eigenvalue weighted by Crippen LogP contribution is -2.36. The number of ether oxygens (including phenoxy) is 3. The molecule has 0 aromatic rings. The van der Waals surface area contributed by atoms with Crippen molar-refractivity contribution < 1.29 is 19.0 Å². The first-order valence-corrected chi connectivity index (χ1v) is 6.96. The third kappa shape index (κ3) is 2.58. The smallest absolute Gasteiger partial charge is 0.142 e. The fourth-order valence-corrected chi connectivity index (χ4v) is 2.67. The maximum atomic E-state index is 11.4. The number of ketones is 1. The minimum absolute atomic E-state index is 0.0935. The van der Waals surface area contributed by atoms with E-state index in [1.807, 2.05) is 6.08 Å². The van der Waals surface area contributed by atoms with Crippen LogP contribution in [0.3, 0.4) is 0 Å². The molecule has 0 saturated carbocycles. The predicted octanol–water partition coefficient (Wildman–Crippen LogP) is 1.38. The summed E-state index contributed by atoms with van der Waals surface area (Å²) in [5, 5.41) is 0. The molecular weight excluding hydrogens is 258 g/mol. The summed E-state index contributed by atoms with van der Waals surface area (Å²) < 4.78 is 16.6. The molecule has 1 unspecified atom stereocenters. The Morgan fingerprint density at radius 1 is 1.30 bits per heavy atom. The Labute approximate surface area is 118 Å². The van der Waals surface area contributed by atoms with Crippen molar-refractivity contribution in [1.29, 1.82) is 0 Å². The van der Waals surface area contributed by atoms with Crippen LogP contribution in [0.1, 0.15) is 12.8 Å². The minimum atomic E-state index is -0.0935. The molecule has 5 nitrogen and oxygen atoms in total. The van der Waals surface area contributed by atoms with E-state index in [9.17, 15) is 4.79 Å². The zero-order valence-corrected chi connectivity index (χ0v) is 11.6. The fraction of sp³-hybridized carbons (Fsp3) is 0.533. The second-order valence-electron chi connectivity index (χ2n) is 5.07. The van der Waals surface area contributed by atoms with Gasteiger partial charge < -0.3 is 19.1 Å². The number of carbonyl (C=O) groups is 1. The van der Waals surface area contributed by atoms with Gasteiger partial charge in [-0.15, -0.1) is 0 Å². The summed E-state index contributed by atoms with van der Waals surface area (Å²) in [6.07, 6.45) is 6.88. The molecule has 0 aromatic heterocycles. The number of hydrogen-bond donors (Lipinski definition) is 0. The third-order valence-electron chi connectivity index (χ3n) is 3.79. The molecule has 20 heavy (non-hydrogen) atoms. The third-order valence-corrected chi connectivity index (χ3v) is 3.79. The lowest BCUT2D eigenvalue weighted by atomic mass is 10.00. The summed E-state index contributed by atoms with van der Waals surface area (Å²) in [4.78, 5) is 13.6. The van der Waals surface area contributed by atoms with Gasteiger partial charge in [-0.05, 0) is 12.2 Å². The topological polar surface area (TPSA) is 48.0 Å². The molecule has 0 amide bonds. The Kier molecular flexibility index (Phi) is 3.78. The molecule has 108 valence electrons. The highest BCUT2D eigenvalue weighted by atomic mass is 16.5. The SMILES string of the molecule is COC1=CC2=COCCOC2C=C1N1CCC(=O)CC1. The van der Waals surface area contributed by atoms with Gasteiger partial charge in [0, 0.05) is 31.5 Å². The van der Waals surface area contributed by atoms with Crippen LogP contribution < -0.4 is 0 Å². The van der Waals surface area contributed by atoms with Crippen LogP contribution in [0.25, 0.3) is 0 Å². The van der Waals surface area contributed by atoms with Crippen LogP contribution in [0, 0.1) is 0 Å². The molecular formula is C15H19NO4. The van der Waals surface area contributed by atoms with E-state index in [1.54, 1.807) is 13.4 Å². The van der Waals surface area contributed by atoms with Crippen molar-refractivity contribution in [2.45, 2.75) is 18.9 Å². The number of methoxy groups -OCH3 is 1. The van der Waals surface area contributed by atoms with Gasteiger partial charge >= 0.3 is 0 Å². The first kappa shape index (κ1) is 13.2. The Hall–Kier alpha value is -1.75. The van der Waals surface area contributed by atoms with Gasteiger partial charge in [-0.1, -0.05) is 0 Å². The Bertz CT molecular complexity index is 482. The molecule has 0 aromatic carbocycles. The molecule has 5 heteroatoms. The van der Waals surface area contributed by atoms with E-state index >= 15 is 0 Å². The maximum Gasteiger partial charge on any atom is 0.142 e. The minimum Gasteiger partial charge on any atom is -0.498 e. The number of rotatable bonds is 2. The van der Waals surface area contributed by atoms with Crippen molar-refractivity contribution in [3.05, 3.63) is 35.4 Å². The molecule has 1 atom stereocenters. The Morgan fingerprint density at radius 3 is 2.85 bits per heavy atom. The van der Waals surface area contributed by atoms with Gasteiger partial charge in [-0.2, -0.15) is 0 Å². The van der Waals surface area contributed by atoms with Crippen molar-refractivity contribution >= 4 is 5.78 Å². The first-order chi connectivity index (χ1) is 9.78. The number of piperidine rings is 1. The molecule has 2 heterocycles. The van der Waals surface area contributed by atoms with Crippen molar-refractivity contribution in [2.24, 2.45) is 0 Å². The molecule has 3 rings (SSSR count). The normalized spacial score (nSPS) is 26.6. The molecule has 0 spiro atoms. The summed E-state index contributed by atoms with van der Waals surface area (Å²) >= 11 is 0. The molecule has 0 radical (unpaired) electrons. The quantitative estimate of drug-likeness (QED) is 0.763. The zero-order valence-electron chi connectivity index (χ0n) is 11.6. The Balaban J connectivity index is 1.85. The standard InChI is InChI=1S/C15H19NO4/c1-18-15-8-11-10-19-6-7-20-14(11)9-13(15)16-4-2-12(17)3-5-16/h8-10,14H,2-7H2,1H3. The summed E-state index contributed by atoms with van der Waals surface area (Å²) in [5.41, 5.74) is 1.99. The number of carbonyl (C=O) groups excluding carboxylic acids is 1. The lowest BCUT2D eigenvalue weighted by molar-refractivity contribution is -0.121. The molecule has 1 aliphatic carbocycles. The maximum absolute atomic E-state index is 11.4. The number of likely N-dealkylation sites (tertiary alicyclic amines) is 1. The van der Waals surface area contributed by atoms with Crippen molar-refractivity contribution in [3.8, 4) is 0 Å². The van der Waals surface area contributed by atoms with Crippen molar-refractivity contribution in [2.75, 3.05) is 33.4 Å². The zero-order chi connectivity index (χ0) is 13.9. The van der Waals surface area contributed by atoms with Gasteiger partial charge in [0.25, 0.3) is 0 Å². The first-order valence-electron chi connectivity index (χ1n) is 6.96. The second kappa shape index (κ2) is 5.71. The van der Waals surface area contributed by atoms with Crippen LogP contribution in [-0.4, -0.2) is 50.2 Å². The van der Waals surface area contributed by atoms with Crippen LogP contribution in [0.15, 0.2) is 35.4 Å². The van der Waals surface area contributed by atoms with Gasteiger partial charge in [0.1, 0.15) is 24.3 Å². The average molecular weight is 277 g/mol. The Morgan fingerprint density at radius 2 is 2.10 bits per heavy atom. The largest absolute Gasteiger partial charge is 0.498 e. The fourth-order valence-electron chi connectivity index (χ4n) is 2.67. The van der Waals surface area contributed by atoms with Crippen LogP contribution in [0.2, 0.25) is 0 Å². The molecule has 0 bridgehead atoms. The van der Waals surface area contributed by atoms with E-state index in [-0.39, 0.29) is 6.10 Å². The van der Waals surface area contributed by atoms with Gasteiger partial charge in [0.2, 0.25) is 0 Å². The number of hydrogen-bond acceptors (Lipinski definition) is 5. The van der Waals surface area contributed by atoms with Crippen molar-refractivity contribution in [3.63, 3.8) is 0 Å². The van der Waals surface area contributed by atoms with Crippen LogP contribution in [0.4, 0.5) is 0 Å². The molecule has 1 saturated heterocycles. The van der Waals surface area contributed by atoms with E-state index in [2.05, 4.69) is 11.0 Å². The predicted molar refractivity (Wildman–Crippen MR) is 72.8 cm³/mol. The van der Waals surface area contributed by atoms with Gasteiger partial charge in [0.05, 0.1) is 25.7 Å². The molecule has 1 fully saturated rings. The van der Waals surface area contributed by atoms with E-state index in [0.717, 1.165) is 30.1 Å². The van der Waals surface area contributed by atoms with Crippen LogP contribution in [0.5, 0.6) is 0 Å². The van der Waals surface area contributed by atoms with E-state index < -0.39 is 0 Å². The monoisotopic (exact) mass is 277 g/mol. The molecule has 3 aliphatic rings. The number of Topliss-reactive ketones (excluding diaryl/α,β-unsaturated/α-hetero) is 1. The molecule has 2 aliphatic heterocycles. The van der Waals surface area contributed by atoms with E-state index in [4.69, 9.17) is 14.2 Å². The summed E-state index contributed by atoms with van der Waals surface area (Å²) in [6.45, 7) is 2.63. The number of fused-ring (bicyclic) bond motifs is 1. The molecule has 0 N–H and O–H groups in total. The van der Waals surface area contributed by atoms with Crippen LogP contribution in [-0.2, 0) is 19.0 Å². The van der Waals surface area contributed by atoms with E-state index in [0.29, 0.717) is 31.8 Å². The summed E-state index contributed by atoms with van der Waals surface area (Å²) in [5.74, 6) is 1.14. The second-order valence-corrected chi connectivity index (χ2v) is 5.07. The highest BCUT2D eigenvalue weighted by Gasteiger charge is 2.28. The van der Waals surface area contributed by atoms with Gasteiger partial charge in [-0.25, -0.2) is 0 Å². The lowest BCUT2D eigenvalue weighted by Gasteiger charge is -2.34. The van der Waals surface area contributed by atoms with E-state index in [1.165, 1.54) is 0 Å². The summed E-state index contributed by atoms with van der Waals surface area (Å²) in [7, 11) is 1.66. The summed E-state index contributed by atoms with van der Waals surface area (Å²) in [6, 6.07) is 0. The van der Waals surface area contributed by atoms with Gasteiger partial charge in [0.15, 0.2) is 0 Å². The van der Waals surface area contributed by atoms with Crippen molar-refractivity contribution in [1.82, 2.24) is 4.90 Å². The average Bonchev–Trinajstić information content (AvgIpc) is 2.71. The van der Waals surface area contributed by atoms with Crippen LogP contribution >= 0.6 is 0 Å². The van der Waals surface area contributed by atoms with Gasteiger partial charge in [-0.3, -0.25) is 4.79 Å².